The molecule has 2 aliphatic rings. The second-order valence-corrected chi connectivity index (χ2v) is 6.36. The highest BCUT2D eigenvalue weighted by Crippen LogP contribution is 2.18. The number of carbonyl (C=O) groups excluding carboxylic acids is 1. The topological polar surface area (TPSA) is 75.8 Å². The fraction of sp³-hybridized carbons (Fsp3) is 0.733. The number of nitrogens with zero attached hydrogens (tertiary/aromatic N) is 6. The molecule has 1 aromatic heterocycles. The second kappa shape index (κ2) is 7.08. The second-order valence-electron chi connectivity index (χ2n) is 6.36. The first-order chi connectivity index (χ1) is 11.1. The van der Waals surface area contributed by atoms with Crippen LogP contribution in [-0.2, 0) is 16.2 Å². The predicted molar refractivity (Wildman–Crippen MR) is 84.8 cm³/mol. The van der Waals surface area contributed by atoms with E-state index in [9.17, 15) is 4.79 Å². The number of rotatable bonds is 5. The van der Waals surface area contributed by atoms with Gasteiger partial charge in [0.15, 0.2) is 0 Å². The molecule has 0 N–H and O–H groups in total. The molecule has 1 atom stereocenters. The van der Waals surface area contributed by atoms with E-state index in [-0.39, 0.29) is 5.91 Å². The summed E-state index contributed by atoms with van der Waals surface area (Å²) in [4.78, 5) is 26.0. The molecule has 1 amide bonds. The van der Waals surface area contributed by atoms with E-state index in [0.29, 0.717) is 12.3 Å². The Morgan fingerprint density at radius 3 is 2.70 bits per heavy atom. The molecule has 0 bridgehead atoms. The van der Waals surface area contributed by atoms with E-state index in [4.69, 9.17) is 4.84 Å². The van der Waals surface area contributed by atoms with Crippen LogP contribution >= 0.6 is 0 Å². The average molecular weight is 320 g/mol. The Labute approximate surface area is 136 Å². The van der Waals surface area contributed by atoms with Crippen LogP contribution in [-0.4, -0.2) is 75.0 Å². The highest BCUT2D eigenvalue weighted by molar-refractivity contribution is 5.93. The fourth-order valence-electron chi connectivity index (χ4n) is 2.86. The Hall–Kier alpha value is -1.96. The number of oxime groups is 1. The lowest BCUT2D eigenvalue weighted by atomic mass is 10.0. The van der Waals surface area contributed by atoms with E-state index >= 15 is 0 Å². The van der Waals surface area contributed by atoms with Gasteiger partial charge in [-0.1, -0.05) is 19.0 Å². The fourth-order valence-corrected chi connectivity index (χ4v) is 2.86. The molecule has 0 saturated carbocycles. The minimum Gasteiger partial charge on any atom is -0.382 e. The molecule has 3 heterocycles. The van der Waals surface area contributed by atoms with Crippen molar-refractivity contribution in [1.29, 1.82) is 0 Å². The molecule has 2 aliphatic heterocycles. The maximum Gasteiger partial charge on any atom is 0.266 e. The summed E-state index contributed by atoms with van der Waals surface area (Å²) in [5.74, 6) is 0.404. The van der Waals surface area contributed by atoms with Gasteiger partial charge in [0.25, 0.3) is 5.91 Å². The third-order valence-corrected chi connectivity index (χ3v) is 4.43. The van der Waals surface area contributed by atoms with Crippen LogP contribution in [0.25, 0.3) is 0 Å². The van der Waals surface area contributed by atoms with Gasteiger partial charge in [0.05, 0.1) is 12.3 Å². The lowest BCUT2D eigenvalue weighted by molar-refractivity contribution is -0.143. The molecule has 8 heteroatoms. The summed E-state index contributed by atoms with van der Waals surface area (Å²) in [5.41, 5.74) is 0.981. The van der Waals surface area contributed by atoms with Crippen molar-refractivity contribution in [2.45, 2.75) is 32.9 Å². The number of piperazine rings is 1. The Morgan fingerprint density at radius 1 is 1.30 bits per heavy atom. The summed E-state index contributed by atoms with van der Waals surface area (Å²) in [7, 11) is 0. The summed E-state index contributed by atoms with van der Waals surface area (Å²) in [5, 5.41) is 8.15. The first kappa shape index (κ1) is 15.9. The Bertz CT molecular complexity index is 548. The largest absolute Gasteiger partial charge is 0.382 e. The van der Waals surface area contributed by atoms with Crippen LogP contribution in [0.15, 0.2) is 17.8 Å². The molecule has 0 aliphatic carbocycles. The Balaban J connectivity index is 1.41. The predicted octanol–water partition coefficient (Wildman–Crippen LogP) is 0.223. The van der Waals surface area contributed by atoms with Crippen molar-refractivity contribution in [3.63, 3.8) is 0 Å². The minimum atomic E-state index is -0.422. The number of carbonyl (C=O) groups is 1. The third-order valence-electron chi connectivity index (χ3n) is 4.43. The summed E-state index contributed by atoms with van der Waals surface area (Å²) >= 11 is 0. The zero-order chi connectivity index (χ0) is 16.2. The summed E-state index contributed by atoms with van der Waals surface area (Å²) in [6.07, 6.45) is 3.48. The number of hydrogen-bond acceptors (Lipinski definition) is 6. The van der Waals surface area contributed by atoms with Crippen molar-refractivity contribution in [3.8, 4) is 0 Å². The molecule has 23 heavy (non-hydrogen) atoms. The van der Waals surface area contributed by atoms with E-state index in [1.807, 2.05) is 9.58 Å². The normalized spacial score (nSPS) is 22.3. The van der Waals surface area contributed by atoms with E-state index < -0.39 is 6.10 Å². The minimum absolute atomic E-state index is 0.0697. The van der Waals surface area contributed by atoms with Crippen molar-refractivity contribution in [3.05, 3.63) is 12.7 Å². The Kier molecular flexibility index (Phi) is 4.90. The van der Waals surface area contributed by atoms with Crippen LogP contribution < -0.4 is 0 Å². The summed E-state index contributed by atoms with van der Waals surface area (Å²) in [6.45, 7) is 9.14. The first-order valence-corrected chi connectivity index (χ1v) is 8.19. The standard InChI is InChI=1S/C15H24N6O2/c1-12(2)13-9-14(23-18-13)15(22)20-6-3-19(4-7-20)5-8-21-11-16-10-17-21/h10-12,14H,3-9H2,1-2H3/t14-/m1/s1. The van der Waals surface area contributed by atoms with Crippen LogP contribution in [0.5, 0.6) is 0 Å². The summed E-state index contributed by atoms with van der Waals surface area (Å²) < 4.78 is 1.83. The van der Waals surface area contributed by atoms with E-state index in [0.717, 1.165) is 45.0 Å². The lowest BCUT2D eigenvalue weighted by Gasteiger charge is -2.35. The lowest BCUT2D eigenvalue weighted by Crippen LogP contribution is -2.52. The van der Waals surface area contributed by atoms with Gasteiger partial charge in [-0.15, -0.1) is 0 Å². The first-order valence-electron chi connectivity index (χ1n) is 8.19. The molecular formula is C15H24N6O2. The molecule has 0 spiro atoms. The molecule has 8 nitrogen and oxygen atoms in total. The number of amides is 1. The molecule has 1 saturated heterocycles. The van der Waals surface area contributed by atoms with Gasteiger partial charge in [-0.2, -0.15) is 5.10 Å². The number of hydrogen-bond donors (Lipinski definition) is 0. The third kappa shape index (κ3) is 3.87. The van der Waals surface area contributed by atoms with Crippen molar-refractivity contribution < 1.29 is 9.63 Å². The molecule has 3 rings (SSSR count). The van der Waals surface area contributed by atoms with Crippen molar-refractivity contribution in [2.24, 2.45) is 11.1 Å². The van der Waals surface area contributed by atoms with Crippen molar-refractivity contribution >= 4 is 11.6 Å². The zero-order valence-corrected chi connectivity index (χ0v) is 13.8. The van der Waals surface area contributed by atoms with Crippen LogP contribution in [0.4, 0.5) is 0 Å². The van der Waals surface area contributed by atoms with Crippen molar-refractivity contribution in [1.82, 2.24) is 24.6 Å². The molecule has 0 aromatic carbocycles. The highest BCUT2D eigenvalue weighted by atomic mass is 16.6. The molecule has 0 radical (unpaired) electrons. The molecule has 0 unspecified atom stereocenters. The SMILES string of the molecule is CC(C)C1=NO[C@@H](C(=O)N2CCN(CCn3cncn3)CC2)C1. The van der Waals surface area contributed by atoms with Crippen LogP contribution in [0, 0.1) is 5.92 Å². The van der Waals surface area contributed by atoms with Gasteiger partial charge in [0.2, 0.25) is 6.10 Å². The molecule has 1 fully saturated rings. The maximum atomic E-state index is 12.5. The van der Waals surface area contributed by atoms with Crippen LogP contribution in [0.3, 0.4) is 0 Å². The summed E-state index contributed by atoms with van der Waals surface area (Å²) in [6, 6.07) is 0. The Morgan fingerprint density at radius 2 is 2.09 bits per heavy atom. The van der Waals surface area contributed by atoms with Gasteiger partial charge < -0.3 is 9.74 Å². The van der Waals surface area contributed by atoms with Crippen molar-refractivity contribution in [2.75, 3.05) is 32.7 Å². The monoisotopic (exact) mass is 320 g/mol. The van der Waals surface area contributed by atoms with Crippen LogP contribution in [0.2, 0.25) is 0 Å². The highest BCUT2D eigenvalue weighted by Gasteiger charge is 2.33. The smallest absolute Gasteiger partial charge is 0.266 e. The molecular weight excluding hydrogens is 296 g/mol. The maximum absolute atomic E-state index is 12.5. The van der Waals surface area contributed by atoms with Gasteiger partial charge in [0.1, 0.15) is 12.7 Å². The van der Waals surface area contributed by atoms with Gasteiger partial charge in [0, 0.05) is 39.1 Å². The van der Waals surface area contributed by atoms with Crippen LogP contribution in [0.1, 0.15) is 20.3 Å². The van der Waals surface area contributed by atoms with Gasteiger partial charge in [-0.3, -0.25) is 14.4 Å². The van der Waals surface area contributed by atoms with E-state index in [1.54, 1.807) is 12.7 Å². The zero-order valence-electron chi connectivity index (χ0n) is 13.8. The molecule has 1 aromatic rings. The van der Waals surface area contributed by atoms with E-state index in [1.165, 1.54) is 0 Å². The van der Waals surface area contributed by atoms with Gasteiger partial charge >= 0.3 is 0 Å². The van der Waals surface area contributed by atoms with E-state index in [2.05, 4.69) is 34.0 Å². The number of aromatic nitrogens is 3. The van der Waals surface area contributed by atoms with Gasteiger partial charge in [-0.05, 0) is 5.92 Å². The van der Waals surface area contributed by atoms with Gasteiger partial charge in [-0.25, -0.2) is 4.98 Å². The molecule has 126 valence electrons. The quantitative estimate of drug-likeness (QED) is 0.776. The average Bonchev–Trinajstić information content (AvgIpc) is 3.24.